The van der Waals surface area contributed by atoms with E-state index < -0.39 is 0 Å². The number of thiazole rings is 1. The highest BCUT2D eigenvalue weighted by Crippen LogP contribution is 2.23. The van der Waals surface area contributed by atoms with E-state index >= 15 is 0 Å². The van der Waals surface area contributed by atoms with E-state index in [1.54, 1.807) is 11.3 Å². The average molecular weight is 293 g/mol. The molecule has 0 saturated carbocycles. The van der Waals surface area contributed by atoms with Crippen LogP contribution in [0.25, 0.3) is 4.96 Å². The van der Waals surface area contributed by atoms with Gasteiger partial charge in [-0.1, -0.05) is 12.8 Å². The summed E-state index contributed by atoms with van der Waals surface area (Å²) in [6, 6.07) is 0.497. The van der Waals surface area contributed by atoms with Gasteiger partial charge >= 0.3 is 0 Å². The highest BCUT2D eigenvalue weighted by Gasteiger charge is 2.23. The third-order valence-corrected chi connectivity index (χ3v) is 4.89. The second-order valence-electron chi connectivity index (χ2n) is 5.88. The van der Waals surface area contributed by atoms with Crippen molar-refractivity contribution in [3.8, 4) is 0 Å². The minimum atomic E-state index is -0.217. The largest absolute Gasteiger partial charge is 0.393 e. The second-order valence-corrected chi connectivity index (χ2v) is 6.76. The standard InChI is InChI=1S/C15H23N3OS/c1-12(19)9-14-5-3-2-4-6-17(14)10-13-11-18-7-8-20-15(18)16-13/h7-8,11-12,14,19H,2-6,9-10H2,1H3. The summed E-state index contributed by atoms with van der Waals surface area (Å²) in [6.45, 7) is 3.93. The maximum absolute atomic E-state index is 9.72. The van der Waals surface area contributed by atoms with Crippen molar-refractivity contribution in [2.75, 3.05) is 6.54 Å². The molecule has 1 fully saturated rings. The summed E-state index contributed by atoms with van der Waals surface area (Å²) in [7, 11) is 0. The molecule has 0 aromatic carbocycles. The molecule has 0 radical (unpaired) electrons. The van der Waals surface area contributed by atoms with Crippen LogP contribution in [0.4, 0.5) is 0 Å². The van der Waals surface area contributed by atoms with Crippen molar-refractivity contribution in [3.05, 3.63) is 23.5 Å². The zero-order valence-electron chi connectivity index (χ0n) is 12.0. The number of rotatable bonds is 4. The van der Waals surface area contributed by atoms with Gasteiger partial charge in [-0.05, 0) is 32.7 Å². The minimum Gasteiger partial charge on any atom is -0.393 e. The summed E-state index contributed by atoms with van der Waals surface area (Å²) in [6.07, 6.45) is 9.92. The van der Waals surface area contributed by atoms with E-state index in [0.29, 0.717) is 6.04 Å². The number of hydrogen-bond donors (Lipinski definition) is 1. The number of imidazole rings is 1. The van der Waals surface area contributed by atoms with Crippen LogP contribution in [-0.2, 0) is 6.54 Å². The van der Waals surface area contributed by atoms with E-state index in [1.165, 1.54) is 25.7 Å². The zero-order valence-corrected chi connectivity index (χ0v) is 12.9. The first kappa shape index (κ1) is 14.0. The maximum Gasteiger partial charge on any atom is 0.193 e. The summed E-state index contributed by atoms with van der Waals surface area (Å²) in [5, 5.41) is 11.8. The van der Waals surface area contributed by atoms with Gasteiger partial charge in [-0.2, -0.15) is 0 Å². The minimum absolute atomic E-state index is 0.217. The summed E-state index contributed by atoms with van der Waals surface area (Å²) in [4.78, 5) is 8.28. The molecule has 0 bridgehead atoms. The first-order valence-electron chi connectivity index (χ1n) is 7.55. The van der Waals surface area contributed by atoms with Crippen LogP contribution in [-0.4, -0.2) is 38.1 Å². The Balaban J connectivity index is 1.72. The highest BCUT2D eigenvalue weighted by molar-refractivity contribution is 7.15. The van der Waals surface area contributed by atoms with Crippen LogP contribution >= 0.6 is 11.3 Å². The summed E-state index contributed by atoms with van der Waals surface area (Å²) < 4.78 is 2.10. The zero-order chi connectivity index (χ0) is 13.9. The predicted molar refractivity (Wildman–Crippen MR) is 82.0 cm³/mol. The molecule has 4 nitrogen and oxygen atoms in total. The van der Waals surface area contributed by atoms with E-state index in [2.05, 4.69) is 32.1 Å². The molecule has 0 aliphatic carbocycles. The Morgan fingerprint density at radius 1 is 1.45 bits per heavy atom. The van der Waals surface area contributed by atoms with E-state index in [9.17, 15) is 5.11 Å². The van der Waals surface area contributed by atoms with Crippen molar-refractivity contribution in [1.82, 2.24) is 14.3 Å². The molecule has 0 amide bonds. The fraction of sp³-hybridized carbons (Fsp3) is 0.667. The molecule has 3 rings (SSSR count). The second kappa shape index (κ2) is 6.24. The van der Waals surface area contributed by atoms with Crippen molar-refractivity contribution in [2.24, 2.45) is 0 Å². The lowest BCUT2D eigenvalue weighted by Gasteiger charge is -2.30. The quantitative estimate of drug-likeness (QED) is 0.942. The van der Waals surface area contributed by atoms with Crippen molar-refractivity contribution >= 4 is 16.3 Å². The highest BCUT2D eigenvalue weighted by atomic mass is 32.1. The average Bonchev–Trinajstić information content (AvgIpc) is 2.89. The lowest BCUT2D eigenvalue weighted by molar-refractivity contribution is 0.107. The van der Waals surface area contributed by atoms with Gasteiger partial charge in [0.1, 0.15) is 0 Å². The Bertz CT molecular complexity index is 520. The Labute approximate surface area is 124 Å². The molecule has 2 aromatic heterocycles. The van der Waals surface area contributed by atoms with Crippen molar-refractivity contribution < 1.29 is 5.11 Å². The number of nitrogens with zero attached hydrogens (tertiary/aromatic N) is 3. The van der Waals surface area contributed by atoms with Gasteiger partial charge in [-0.15, -0.1) is 11.3 Å². The molecule has 2 unspecified atom stereocenters. The molecular weight excluding hydrogens is 270 g/mol. The number of hydrogen-bond acceptors (Lipinski definition) is 4. The fourth-order valence-electron chi connectivity index (χ4n) is 3.17. The Kier molecular flexibility index (Phi) is 4.38. The molecular formula is C15H23N3OS. The fourth-order valence-corrected chi connectivity index (χ4v) is 3.88. The molecule has 1 aliphatic heterocycles. The van der Waals surface area contributed by atoms with Crippen LogP contribution in [0.2, 0.25) is 0 Å². The van der Waals surface area contributed by atoms with E-state index in [4.69, 9.17) is 0 Å². The molecule has 1 aliphatic rings. The summed E-state index contributed by atoms with van der Waals surface area (Å²) >= 11 is 1.68. The normalized spacial score (nSPS) is 23.0. The lowest BCUT2D eigenvalue weighted by atomic mass is 10.0. The third-order valence-electron chi connectivity index (χ3n) is 4.12. The molecule has 0 spiro atoms. The number of fused-ring (bicyclic) bond motifs is 1. The van der Waals surface area contributed by atoms with Crippen molar-refractivity contribution in [3.63, 3.8) is 0 Å². The first-order valence-corrected chi connectivity index (χ1v) is 8.43. The van der Waals surface area contributed by atoms with Crippen LogP contribution in [0.1, 0.15) is 44.7 Å². The molecule has 1 N–H and O–H groups in total. The molecule has 20 heavy (non-hydrogen) atoms. The third kappa shape index (κ3) is 3.22. The smallest absolute Gasteiger partial charge is 0.193 e. The van der Waals surface area contributed by atoms with Gasteiger partial charge in [0.2, 0.25) is 0 Å². The van der Waals surface area contributed by atoms with Gasteiger partial charge in [0, 0.05) is 30.4 Å². The Hall–Kier alpha value is -0.910. The first-order chi connectivity index (χ1) is 9.72. The van der Waals surface area contributed by atoms with E-state index in [-0.39, 0.29) is 6.10 Å². The number of aliphatic hydroxyl groups is 1. The number of aromatic nitrogens is 2. The molecule has 110 valence electrons. The molecule has 2 aromatic rings. The topological polar surface area (TPSA) is 40.8 Å². The monoisotopic (exact) mass is 293 g/mol. The SMILES string of the molecule is CC(O)CC1CCCCCN1Cc1cn2ccsc2n1. The van der Waals surface area contributed by atoms with E-state index in [0.717, 1.165) is 30.2 Å². The van der Waals surface area contributed by atoms with Gasteiger partial charge in [0.15, 0.2) is 4.96 Å². The summed E-state index contributed by atoms with van der Waals surface area (Å²) in [5.74, 6) is 0. The van der Waals surface area contributed by atoms with Gasteiger partial charge in [0.05, 0.1) is 11.8 Å². The predicted octanol–water partition coefficient (Wildman–Crippen LogP) is 2.91. The number of likely N-dealkylation sites (tertiary alicyclic amines) is 1. The molecule has 1 saturated heterocycles. The van der Waals surface area contributed by atoms with Crippen LogP contribution in [0.5, 0.6) is 0 Å². The van der Waals surface area contributed by atoms with Crippen molar-refractivity contribution in [2.45, 2.75) is 57.7 Å². The van der Waals surface area contributed by atoms with Gasteiger partial charge < -0.3 is 5.11 Å². The summed E-state index contributed by atoms with van der Waals surface area (Å²) in [5.41, 5.74) is 1.15. The maximum atomic E-state index is 9.72. The Morgan fingerprint density at radius 2 is 2.35 bits per heavy atom. The van der Waals surface area contributed by atoms with Crippen LogP contribution in [0, 0.1) is 0 Å². The van der Waals surface area contributed by atoms with Gasteiger partial charge in [-0.3, -0.25) is 9.30 Å². The van der Waals surface area contributed by atoms with Crippen LogP contribution in [0.15, 0.2) is 17.8 Å². The van der Waals surface area contributed by atoms with Gasteiger partial charge in [0.25, 0.3) is 0 Å². The number of aliphatic hydroxyl groups excluding tert-OH is 1. The van der Waals surface area contributed by atoms with E-state index in [1.807, 2.05) is 6.92 Å². The van der Waals surface area contributed by atoms with Crippen LogP contribution < -0.4 is 0 Å². The molecule has 2 atom stereocenters. The van der Waals surface area contributed by atoms with Crippen molar-refractivity contribution in [1.29, 1.82) is 0 Å². The lowest BCUT2D eigenvalue weighted by Crippen LogP contribution is -2.36. The van der Waals surface area contributed by atoms with Crippen LogP contribution in [0.3, 0.4) is 0 Å². The Morgan fingerprint density at radius 3 is 3.15 bits per heavy atom. The molecule has 3 heterocycles. The molecule has 5 heteroatoms. The van der Waals surface area contributed by atoms with Gasteiger partial charge in [-0.25, -0.2) is 4.98 Å².